The molecule has 0 spiro atoms. The SMILES string of the molecule is CCNC(=NCC(C)(C)OC)NCCc1ccccc1Cl. The highest BCUT2D eigenvalue weighted by Crippen LogP contribution is 2.14. The number of nitrogens with one attached hydrogen (secondary N) is 2. The Morgan fingerprint density at radius 2 is 2.00 bits per heavy atom. The fourth-order valence-electron chi connectivity index (χ4n) is 1.69. The van der Waals surface area contributed by atoms with E-state index in [9.17, 15) is 0 Å². The van der Waals surface area contributed by atoms with Gasteiger partial charge in [-0.1, -0.05) is 29.8 Å². The van der Waals surface area contributed by atoms with Gasteiger partial charge >= 0.3 is 0 Å². The average molecular weight is 312 g/mol. The lowest BCUT2D eigenvalue weighted by molar-refractivity contribution is 0.0310. The first kappa shape index (κ1) is 17.8. The summed E-state index contributed by atoms with van der Waals surface area (Å²) in [5.41, 5.74) is 0.880. The molecule has 0 bridgehead atoms. The van der Waals surface area contributed by atoms with Gasteiger partial charge in [-0.05, 0) is 38.8 Å². The van der Waals surface area contributed by atoms with Crippen molar-refractivity contribution < 1.29 is 4.74 Å². The summed E-state index contributed by atoms with van der Waals surface area (Å²) in [6.07, 6.45) is 0.859. The summed E-state index contributed by atoms with van der Waals surface area (Å²) in [7, 11) is 1.70. The third-order valence-electron chi connectivity index (χ3n) is 3.16. The Bertz CT molecular complexity index is 461. The zero-order chi connectivity index (χ0) is 15.7. The number of aliphatic imine (C=N–C) groups is 1. The standard InChI is InChI=1S/C16H26ClN3O/c1-5-18-15(20-12-16(2,3)21-4)19-11-10-13-8-6-7-9-14(13)17/h6-9H,5,10-12H2,1-4H3,(H2,18,19,20). The Labute approximate surface area is 132 Å². The molecule has 0 atom stereocenters. The van der Waals surface area contributed by atoms with Crippen molar-refractivity contribution in [3.8, 4) is 0 Å². The topological polar surface area (TPSA) is 45.7 Å². The minimum atomic E-state index is -0.259. The summed E-state index contributed by atoms with van der Waals surface area (Å²) in [6, 6.07) is 7.90. The molecule has 118 valence electrons. The normalized spacial score (nSPS) is 12.3. The molecule has 4 nitrogen and oxygen atoms in total. The van der Waals surface area contributed by atoms with Crippen LogP contribution in [0.5, 0.6) is 0 Å². The molecule has 0 aliphatic carbocycles. The summed E-state index contributed by atoms with van der Waals surface area (Å²) >= 11 is 6.15. The Hall–Kier alpha value is -1.26. The number of rotatable bonds is 7. The number of nitrogens with zero attached hydrogens (tertiary/aromatic N) is 1. The molecule has 0 unspecified atom stereocenters. The molecule has 1 aromatic carbocycles. The molecule has 0 aromatic heterocycles. The van der Waals surface area contributed by atoms with Gasteiger partial charge in [-0.2, -0.15) is 0 Å². The fourth-order valence-corrected chi connectivity index (χ4v) is 1.92. The quantitative estimate of drug-likeness (QED) is 0.601. The number of benzene rings is 1. The largest absolute Gasteiger partial charge is 0.377 e. The first-order chi connectivity index (χ1) is 9.98. The van der Waals surface area contributed by atoms with Crippen LogP contribution in [0.3, 0.4) is 0 Å². The van der Waals surface area contributed by atoms with Gasteiger partial charge < -0.3 is 15.4 Å². The fraction of sp³-hybridized carbons (Fsp3) is 0.562. The average Bonchev–Trinajstić information content (AvgIpc) is 2.47. The highest BCUT2D eigenvalue weighted by Gasteiger charge is 2.15. The van der Waals surface area contributed by atoms with Gasteiger partial charge in [0.05, 0.1) is 12.1 Å². The molecule has 0 fully saturated rings. The van der Waals surface area contributed by atoms with E-state index < -0.39 is 0 Å². The number of methoxy groups -OCH3 is 1. The van der Waals surface area contributed by atoms with Crippen LogP contribution < -0.4 is 10.6 Å². The molecule has 0 aliphatic rings. The van der Waals surface area contributed by atoms with Crippen LogP contribution in [0.2, 0.25) is 5.02 Å². The Morgan fingerprint density at radius 1 is 1.29 bits per heavy atom. The van der Waals surface area contributed by atoms with Gasteiger partial charge in [0.1, 0.15) is 0 Å². The zero-order valence-corrected chi connectivity index (χ0v) is 14.1. The minimum Gasteiger partial charge on any atom is -0.377 e. The lowest BCUT2D eigenvalue weighted by Crippen LogP contribution is -2.40. The van der Waals surface area contributed by atoms with Crippen LogP contribution >= 0.6 is 11.6 Å². The second-order valence-electron chi connectivity index (χ2n) is 5.43. The second kappa shape index (κ2) is 8.90. The molecule has 1 aromatic rings. The lowest BCUT2D eigenvalue weighted by Gasteiger charge is -2.21. The van der Waals surface area contributed by atoms with Crippen molar-refractivity contribution in [1.29, 1.82) is 0 Å². The lowest BCUT2D eigenvalue weighted by atomic mass is 10.1. The van der Waals surface area contributed by atoms with Crippen molar-refractivity contribution >= 4 is 17.6 Å². The minimum absolute atomic E-state index is 0.259. The van der Waals surface area contributed by atoms with E-state index in [4.69, 9.17) is 16.3 Å². The van der Waals surface area contributed by atoms with Crippen LogP contribution in [0.25, 0.3) is 0 Å². The third-order valence-corrected chi connectivity index (χ3v) is 3.53. The molecular formula is C16H26ClN3O. The second-order valence-corrected chi connectivity index (χ2v) is 5.83. The maximum atomic E-state index is 6.15. The molecule has 1 rings (SSSR count). The Morgan fingerprint density at radius 3 is 2.62 bits per heavy atom. The number of halogens is 1. The Balaban J connectivity index is 2.51. The molecular weight excluding hydrogens is 286 g/mol. The first-order valence-corrected chi connectivity index (χ1v) is 7.67. The first-order valence-electron chi connectivity index (χ1n) is 7.29. The predicted octanol–water partition coefficient (Wildman–Crippen LogP) is 2.86. The van der Waals surface area contributed by atoms with Crippen molar-refractivity contribution in [2.24, 2.45) is 4.99 Å². The van der Waals surface area contributed by atoms with Crippen molar-refractivity contribution in [3.05, 3.63) is 34.9 Å². The highest BCUT2D eigenvalue weighted by atomic mass is 35.5. The summed E-state index contributed by atoms with van der Waals surface area (Å²) in [4.78, 5) is 4.55. The Kier molecular flexibility index (Phi) is 7.54. The van der Waals surface area contributed by atoms with Crippen LogP contribution in [0.4, 0.5) is 0 Å². The van der Waals surface area contributed by atoms with Crippen molar-refractivity contribution in [3.63, 3.8) is 0 Å². The van der Waals surface area contributed by atoms with E-state index in [0.29, 0.717) is 6.54 Å². The maximum absolute atomic E-state index is 6.15. The third kappa shape index (κ3) is 6.82. The van der Waals surface area contributed by atoms with E-state index in [-0.39, 0.29) is 5.60 Å². The molecule has 21 heavy (non-hydrogen) atoms. The number of hydrogen-bond donors (Lipinski definition) is 2. The van der Waals surface area contributed by atoms with E-state index in [1.54, 1.807) is 7.11 Å². The maximum Gasteiger partial charge on any atom is 0.191 e. The van der Waals surface area contributed by atoms with Crippen LogP contribution in [0.1, 0.15) is 26.3 Å². The number of guanidine groups is 1. The highest BCUT2D eigenvalue weighted by molar-refractivity contribution is 6.31. The molecule has 0 aliphatic heterocycles. The van der Waals surface area contributed by atoms with Crippen LogP contribution in [0, 0.1) is 0 Å². The predicted molar refractivity (Wildman–Crippen MR) is 90.2 cm³/mol. The van der Waals surface area contributed by atoms with E-state index in [1.807, 2.05) is 45.0 Å². The van der Waals surface area contributed by atoms with Gasteiger partial charge in [0.25, 0.3) is 0 Å². The van der Waals surface area contributed by atoms with Crippen LogP contribution in [-0.2, 0) is 11.2 Å². The molecule has 0 saturated heterocycles. The van der Waals surface area contributed by atoms with Crippen molar-refractivity contribution in [1.82, 2.24) is 10.6 Å². The number of hydrogen-bond acceptors (Lipinski definition) is 2. The molecule has 5 heteroatoms. The molecule has 0 radical (unpaired) electrons. The van der Waals surface area contributed by atoms with Crippen LogP contribution in [-0.4, -0.2) is 38.3 Å². The summed E-state index contributed by atoms with van der Waals surface area (Å²) < 4.78 is 5.38. The molecule has 0 saturated carbocycles. The van der Waals surface area contributed by atoms with Gasteiger partial charge in [-0.25, -0.2) is 0 Å². The van der Waals surface area contributed by atoms with Gasteiger partial charge in [0.2, 0.25) is 0 Å². The van der Waals surface area contributed by atoms with E-state index in [0.717, 1.165) is 36.1 Å². The van der Waals surface area contributed by atoms with E-state index in [2.05, 4.69) is 15.6 Å². The van der Waals surface area contributed by atoms with Crippen molar-refractivity contribution in [2.75, 3.05) is 26.7 Å². The monoisotopic (exact) mass is 311 g/mol. The molecule has 0 amide bonds. The smallest absolute Gasteiger partial charge is 0.191 e. The van der Waals surface area contributed by atoms with Gasteiger partial charge in [0.15, 0.2) is 5.96 Å². The van der Waals surface area contributed by atoms with Gasteiger partial charge in [0, 0.05) is 25.2 Å². The summed E-state index contributed by atoms with van der Waals surface area (Å²) in [5, 5.41) is 7.36. The summed E-state index contributed by atoms with van der Waals surface area (Å²) in [6.45, 7) is 8.29. The molecule has 2 N–H and O–H groups in total. The molecule has 0 heterocycles. The van der Waals surface area contributed by atoms with E-state index >= 15 is 0 Å². The van der Waals surface area contributed by atoms with Crippen molar-refractivity contribution in [2.45, 2.75) is 32.8 Å². The number of ether oxygens (including phenoxy) is 1. The summed E-state index contributed by atoms with van der Waals surface area (Å²) in [5.74, 6) is 0.801. The van der Waals surface area contributed by atoms with E-state index in [1.165, 1.54) is 0 Å². The van der Waals surface area contributed by atoms with Crippen LogP contribution in [0.15, 0.2) is 29.3 Å². The van der Waals surface area contributed by atoms with Gasteiger partial charge in [-0.15, -0.1) is 0 Å². The zero-order valence-electron chi connectivity index (χ0n) is 13.4. The van der Waals surface area contributed by atoms with Gasteiger partial charge in [-0.3, -0.25) is 4.99 Å².